The van der Waals surface area contributed by atoms with Gasteiger partial charge in [0.1, 0.15) is 17.5 Å². The summed E-state index contributed by atoms with van der Waals surface area (Å²) in [6.45, 7) is 10.1. The van der Waals surface area contributed by atoms with Crippen LogP contribution >= 0.6 is 0 Å². The van der Waals surface area contributed by atoms with Gasteiger partial charge in [0.15, 0.2) is 0 Å². The van der Waals surface area contributed by atoms with E-state index in [-0.39, 0.29) is 11.9 Å². The number of anilines is 2. The second kappa shape index (κ2) is 6.07. The molecule has 0 aliphatic carbocycles. The summed E-state index contributed by atoms with van der Waals surface area (Å²) in [6.07, 6.45) is 0.957. The first-order valence-corrected chi connectivity index (χ1v) is 7.12. The van der Waals surface area contributed by atoms with Gasteiger partial charge in [-0.1, -0.05) is 0 Å². The van der Waals surface area contributed by atoms with Crippen molar-refractivity contribution in [2.24, 2.45) is 0 Å². The highest BCUT2D eigenvalue weighted by Crippen LogP contribution is 2.26. The molecule has 0 saturated carbocycles. The summed E-state index contributed by atoms with van der Waals surface area (Å²) in [7, 11) is 0. The van der Waals surface area contributed by atoms with E-state index in [0.717, 1.165) is 49.1 Å². The lowest BCUT2D eigenvalue weighted by Gasteiger charge is -2.21. The lowest BCUT2D eigenvalue weighted by molar-refractivity contribution is -0.119. The van der Waals surface area contributed by atoms with Gasteiger partial charge in [-0.15, -0.1) is 0 Å². The molecule has 2 N–H and O–H groups in total. The molecular weight excluding hydrogens is 254 g/mol. The summed E-state index contributed by atoms with van der Waals surface area (Å²) < 4.78 is 0. The molecule has 1 aromatic heterocycles. The number of hydrogen-bond donors (Lipinski definition) is 2. The molecule has 0 bridgehead atoms. The van der Waals surface area contributed by atoms with Crippen LogP contribution < -0.4 is 15.5 Å². The van der Waals surface area contributed by atoms with Gasteiger partial charge < -0.3 is 15.5 Å². The SMILES string of the molecule is CCNc1nc(C)nc(N2CCC(NC(C)=O)C2)c1C. The maximum absolute atomic E-state index is 11.1. The molecule has 0 spiro atoms. The summed E-state index contributed by atoms with van der Waals surface area (Å²) >= 11 is 0. The molecule has 0 aromatic carbocycles. The minimum atomic E-state index is 0.0285. The molecule has 1 aliphatic rings. The van der Waals surface area contributed by atoms with Crippen LogP contribution in [0.15, 0.2) is 0 Å². The fraction of sp³-hybridized carbons (Fsp3) is 0.643. The smallest absolute Gasteiger partial charge is 0.217 e. The largest absolute Gasteiger partial charge is 0.370 e. The van der Waals surface area contributed by atoms with Crippen molar-refractivity contribution in [2.75, 3.05) is 29.9 Å². The molecule has 1 unspecified atom stereocenters. The Morgan fingerprint density at radius 1 is 1.40 bits per heavy atom. The van der Waals surface area contributed by atoms with Crippen LogP contribution in [0.25, 0.3) is 0 Å². The second-order valence-corrected chi connectivity index (χ2v) is 5.23. The van der Waals surface area contributed by atoms with Crippen LogP contribution in [0.3, 0.4) is 0 Å². The minimum absolute atomic E-state index is 0.0285. The van der Waals surface area contributed by atoms with E-state index < -0.39 is 0 Å². The number of amides is 1. The second-order valence-electron chi connectivity index (χ2n) is 5.23. The van der Waals surface area contributed by atoms with Gasteiger partial charge in [-0.25, -0.2) is 9.97 Å². The van der Waals surface area contributed by atoms with Gasteiger partial charge in [-0.05, 0) is 27.2 Å². The van der Waals surface area contributed by atoms with E-state index in [2.05, 4.69) is 32.4 Å². The Morgan fingerprint density at radius 2 is 2.15 bits per heavy atom. The van der Waals surface area contributed by atoms with Gasteiger partial charge in [-0.3, -0.25) is 4.79 Å². The van der Waals surface area contributed by atoms with Gasteiger partial charge in [0.2, 0.25) is 5.91 Å². The number of aromatic nitrogens is 2. The normalized spacial score (nSPS) is 18.2. The van der Waals surface area contributed by atoms with Crippen LogP contribution in [0.2, 0.25) is 0 Å². The van der Waals surface area contributed by atoms with Crippen molar-refractivity contribution in [3.8, 4) is 0 Å². The van der Waals surface area contributed by atoms with Crippen LogP contribution in [-0.4, -0.2) is 41.6 Å². The van der Waals surface area contributed by atoms with Crippen LogP contribution in [-0.2, 0) is 4.79 Å². The number of nitrogens with one attached hydrogen (secondary N) is 2. The molecule has 1 amide bonds. The summed E-state index contributed by atoms with van der Waals surface area (Å²) in [5, 5.41) is 6.25. The fourth-order valence-corrected chi connectivity index (χ4v) is 2.62. The van der Waals surface area contributed by atoms with Crippen LogP contribution in [0.4, 0.5) is 11.6 Å². The highest BCUT2D eigenvalue weighted by atomic mass is 16.1. The molecular formula is C14H23N5O. The zero-order chi connectivity index (χ0) is 14.7. The minimum Gasteiger partial charge on any atom is -0.370 e. The Kier molecular flexibility index (Phi) is 4.42. The number of rotatable bonds is 4. The molecule has 2 heterocycles. The summed E-state index contributed by atoms with van der Waals surface area (Å²) in [5.74, 6) is 2.67. The van der Waals surface area contributed by atoms with Crippen molar-refractivity contribution in [1.82, 2.24) is 15.3 Å². The topological polar surface area (TPSA) is 70.2 Å². The monoisotopic (exact) mass is 277 g/mol. The van der Waals surface area contributed by atoms with Crippen LogP contribution in [0.1, 0.15) is 31.7 Å². The fourth-order valence-electron chi connectivity index (χ4n) is 2.62. The molecule has 1 aromatic rings. The third-order valence-electron chi connectivity index (χ3n) is 3.47. The maximum Gasteiger partial charge on any atom is 0.217 e. The summed E-state index contributed by atoms with van der Waals surface area (Å²) in [6, 6.07) is 0.213. The molecule has 20 heavy (non-hydrogen) atoms. The van der Waals surface area contributed by atoms with E-state index in [0.29, 0.717) is 0 Å². The van der Waals surface area contributed by atoms with Gasteiger partial charge >= 0.3 is 0 Å². The van der Waals surface area contributed by atoms with Crippen molar-refractivity contribution >= 4 is 17.5 Å². The van der Waals surface area contributed by atoms with E-state index in [1.165, 1.54) is 0 Å². The standard InChI is InChI=1S/C14H23N5O/c1-5-15-13-9(2)14(17-10(3)16-13)19-7-6-12(8-19)18-11(4)20/h12H,5-8H2,1-4H3,(H,18,20)(H,15,16,17). The van der Waals surface area contributed by atoms with E-state index in [1.54, 1.807) is 6.92 Å². The lowest BCUT2D eigenvalue weighted by Crippen LogP contribution is -2.36. The van der Waals surface area contributed by atoms with Crippen molar-refractivity contribution in [1.29, 1.82) is 0 Å². The first kappa shape index (κ1) is 14.6. The highest BCUT2D eigenvalue weighted by molar-refractivity contribution is 5.73. The predicted octanol–water partition coefficient (Wildman–Crippen LogP) is 1.24. The first-order chi connectivity index (χ1) is 9.51. The molecule has 1 saturated heterocycles. The quantitative estimate of drug-likeness (QED) is 0.866. The molecule has 1 aliphatic heterocycles. The molecule has 0 radical (unpaired) electrons. The average Bonchev–Trinajstić information content (AvgIpc) is 2.81. The van der Waals surface area contributed by atoms with Crippen LogP contribution in [0.5, 0.6) is 0 Å². The summed E-state index contributed by atoms with van der Waals surface area (Å²) in [4.78, 5) is 22.4. The van der Waals surface area contributed by atoms with Crippen molar-refractivity contribution in [2.45, 2.75) is 40.2 Å². The van der Waals surface area contributed by atoms with E-state index >= 15 is 0 Å². The number of aryl methyl sites for hydroxylation is 1. The zero-order valence-corrected chi connectivity index (χ0v) is 12.7. The number of nitrogens with zero attached hydrogens (tertiary/aromatic N) is 3. The van der Waals surface area contributed by atoms with E-state index in [4.69, 9.17) is 0 Å². The predicted molar refractivity (Wildman–Crippen MR) is 80.1 cm³/mol. The number of carbonyl (C=O) groups is 1. The lowest BCUT2D eigenvalue weighted by atomic mass is 10.2. The van der Waals surface area contributed by atoms with Crippen molar-refractivity contribution in [3.05, 3.63) is 11.4 Å². The van der Waals surface area contributed by atoms with Gasteiger partial charge in [0.05, 0.1) is 0 Å². The molecule has 2 rings (SSSR count). The Bertz CT molecular complexity index is 503. The third-order valence-corrected chi connectivity index (χ3v) is 3.47. The average molecular weight is 277 g/mol. The van der Waals surface area contributed by atoms with Crippen molar-refractivity contribution in [3.63, 3.8) is 0 Å². The van der Waals surface area contributed by atoms with Gasteiger partial charge in [0, 0.05) is 38.2 Å². The molecule has 6 nitrogen and oxygen atoms in total. The van der Waals surface area contributed by atoms with E-state index in [9.17, 15) is 4.79 Å². The Hall–Kier alpha value is -1.85. The van der Waals surface area contributed by atoms with Gasteiger partial charge in [0.25, 0.3) is 0 Å². The Morgan fingerprint density at radius 3 is 2.80 bits per heavy atom. The number of carbonyl (C=O) groups excluding carboxylic acids is 1. The molecule has 6 heteroatoms. The zero-order valence-electron chi connectivity index (χ0n) is 12.7. The Labute approximate surface area is 120 Å². The van der Waals surface area contributed by atoms with E-state index in [1.807, 2.05) is 13.8 Å². The van der Waals surface area contributed by atoms with Crippen molar-refractivity contribution < 1.29 is 4.79 Å². The third kappa shape index (κ3) is 3.18. The molecule has 1 atom stereocenters. The van der Waals surface area contributed by atoms with Gasteiger partial charge in [-0.2, -0.15) is 0 Å². The Balaban J connectivity index is 2.19. The number of hydrogen-bond acceptors (Lipinski definition) is 5. The summed E-state index contributed by atoms with van der Waals surface area (Å²) in [5.41, 5.74) is 1.07. The van der Waals surface area contributed by atoms with Crippen LogP contribution in [0, 0.1) is 13.8 Å². The highest BCUT2D eigenvalue weighted by Gasteiger charge is 2.26. The molecule has 1 fully saturated rings. The first-order valence-electron chi connectivity index (χ1n) is 7.12. The molecule has 110 valence electrons. The maximum atomic E-state index is 11.1.